The summed E-state index contributed by atoms with van der Waals surface area (Å²) in [5.41, 5.74) is 0.369. The lowest BCUT2D eigenvalue weighted by molar-refractivity contribution is 0.0255. The maximum atomic E-state index is 11.6. The molecule has 1 aromatic heterocycles. The predicted octanol–water partition coefficient (Wildman–Crippen LogP) is 2.59. The first kappa shape index (κ1) is 23.2. The third-order valence-corrected chi connectivity index (χ3v) is 5.37. The van der Waals surface area contributed by atoms with Gasteiger partial charge >= 0.3 is 5.69 Å². The van der Waals surface area contributed by atoms with Gasteiger partial charge in [0.15, 0.2) is 0 Å². The van der Waals surface area contributed by atoms with E-state index < -0.39 is 11.2 Å². The lowest BCUT2D eigenvalue weighted by Crippen LogP contribution is -2.29. The molecule has 3 rings (SSSR count). The van der Waals surface area contributed by atoms with Gasteiger partial charge in [0.2, 0.25) is 0 Å². The zero-order chi connectivity index (χ0) is 21.9. The van der Waals surface area contributed by atoms with E-state index >= 15 is 0 Å². The normalized spacial score (nSPS) is 15.6. The number of nitrogens with one attached hydrogen (secondary N) is 2. The summed E-state index contributed by atoms with van der Waals surface area (Å²) in [5, 5.41) is 3.56. The van der Waals surface area contributed by atoms with Crippen LogP contribution >= 0.6 is 0 Å². The molecule has 1 atom stereocenters. The van der Waals surface area contributed by atoms with Gasteiger partial charge in [-0.25, -0.2) is 4.79 Å². The lowest BCUT2D eigenvalue weighted by Gasteiger charge is -2.24. The SMILES string of the molecule is C[C@@H](NCCCCCOCn1ccc(=O)[nH]c1=O)c1cccc(OC2CCOCC2)c1. The highest BCUT2D eigenvalue weighted by Gasteiger charge is 2.15. The second kappa shape index (κ2) is 12.4. The Morgan fingerprint density at radius 1 is 1.19 bits per heavy atom. The molecule has 1 aromatic carbocycles. The van der Waals surface area contributed by atoms with E-state index in [2.05, 4.69) is 29.4 Å². The number of aromatic amines is 1. The summed E-state index contributed by atoms with van der Waals surface area (Å²) in [6, 6.07) is 9.88. The first-order valence-electron chi connectivity index (χ1n) is 11.1. The van der Waals surface area contributed by atoms with Gasteiger partial charge in [0.25, 0.3) is 5.56 Å². The maximum absolute atomic E-state index is 11.6. The standard InChI is InChI=1S/C23H33N3O5/c1-18(19-6-5-7-21(16-19)31-20-9-14-29-15-10-20)24-11-3-2-4-13-30-17-26-12-8-22(27)25-23(26)28/h5-8,12,16,18,20,24H,2-4,9-11,13-15,17H2,1H3,(H,25,27,28)/t18-/m1/s1. The monoisotopic (exact) mass is 431 g/mol. The smallest absolute Gasteiger partial charge is 0.330 e. The Bertz CT molecular complexity index is 904. The highest BCUT2D eigenvalue weighted by atomic mass is 16.5. The van der Waals surface area contributed by atoms with Crippen molar-refractivity contribution in [1.82, 2.24) is 14.9 Å². The molecule has 1 fully saturated rings. The first-order valence-corrected chi connectivity index (χ1v) is 11.1. The van der Waals surface area contributed by atoms with Crippen LogP contribution in [0, 0.1) is 0 Å². The van der Waals surface area contributed by atoms with Gasteiger partial charge in [-0.15, -0.1) is 0 Å². The molecule has 8 nitrogen and oxygen atoms in total. The van der Waals surface area contributed by atoms with E-state index in [0.29, 0.717) is 6.61 Å². The molecule has 0 spiro atoms. The Morgan fingerprint density at radius 3 is 2.84 bits per heavy atom. The summed E-state index contributed by atoms with van der Waals surface area (Å²) in [6.45, 7) is 5.37. The number of aromatic nitrogens is 2. The Morgan fingerprint density at radius 2 is 2.03 bits per heavy atom. The summed E-state index contributed by atoms with van der Waals surface area (Å²) < 4.78 is 18.4. The van der Waals surface area contributed by atoms with Gasteiger partial charge in [-0.3, -0.25) is 14.3 Å². The summed E-state index contributed by atoms with van der Waals surface area (Å²) in [5.74, 6) is 0.928. The van der Waals surface area contributed by atoms with Crippen LogP contribution in [0.3, 0.4) is 0 Å². The lowest BCUT2D eigenvalue weighted by atomic mass is 10.1. The number of H-pyrrole nitrogens is 1. The van der Waals surface area contributed by atoms with Gasteiger partial charge < -0.3 is 19.5 Å². The highest BCUT2D eigenvalue weighted by Crippen LogP contribution is 2.22. The van der Waals surface area contributed by atoms with Crippen LogP contribution in [0.1, 0.15) is 50.6 Å². The number of ether oxygens (including phenoxy) is 3. The predicted molar refractivity (Wildman–Crippen MR) is 118 cm³/mol. The van der Waals surface area contributed by atoms with Crippen molar-refractivity contribution in [3.05, 3.63) is 62.9 Å². The van der Waals surface area contributed by atoms with Gasteiger partial charge in [0, 0.05) is 37.8 Å². The molecule has 0 saturated carbocycles. The Labute approximate surface area is 182 Å². The molecular weight excluding hydrogens is 398 g/mol. The third kappa shape index (κ3) is 7.97. The van der Waals surface area contributed by atoms with Crippen LogP contribution in [0.25, 0.3) is 0 Å². The van der Waals surface area contributed by atoms with E-state index in [4.69, 9.17) is 14.2 Å². The van der Waals surface area contributed by atoms with Crippen molar-refractivity contribution in [2.24, 2.45) is 0 Å². The largest absolute Gasteiger partial charge is 0.490 e. The molecule has 0 bridgehead atoms. The van der Waals surface area contributed by atoms with Gasteiger partial charge in [0.1, 0.15) is 18.6 Å². The minimum Gasteiger partial charge on any atom is -0.490 e. The molecule has 0 amide bonds. The minimum absolute atomic E-state index is 0.150. The highest BCUT2D eigenvalue weighted by molar-refractivity contribution is 5.30. The molecule has 0 unspecified atom stereocenters. The molecule has 1 aliphatic rings. The molecule has 170 valence electrons. The van der Waals surface area contributed by atoms with Crippen molar-refractivity contribution < 1.29 is 14.2 Å². The van der Waals surface area contributed by atoms with E-state index in [1.165, 1.54) is 22.4 Å². The molecule has 2 N–H and O–H groups in total. The van der Waals surface area contributed by atoms with Crippen molar-refractivity contribution in [1.29, 1.82) is 0 Å². The summed E-state index contributed by atoms with van der Waals surface area (Å²) in [4.78, 5) is 24.8. The Balaban J connectivity index is 1.28. The van der Waals surface area contributed by atoms with Gasteiger partial charge in [-0.1, -0.05) is 12.1 Å². The zero-order valence-electron chi connectivity index (χ0n) is 18.2. The van der Waals surface area contributed by atoms with Crippen LogP contribution in [-0.2, 0) is 16.2 Å². The van der Waals surface area contributed by atoms with E-state index in [-0.39, 0.29) is 18.9 Å². The van der Waals surface area contributed by atoms with Crippen molar-refractivity contribution in [2.45, 2.75) is 57.9 Å². The van der Waals surface area contributed by atoms with Gasteiger partial charge in [-0.05, 0) is 50.4 Å². The molecule has 2 heterocycles. The molecule has 1 aliphatic heterocycles. The van der Waals surface area contributed by atoms with Gasteiger partial charge in [-0.2, -0.15) is 0 Å². The fraction of sp³-hybridized carbons (Fsp3) is 0.565. The van der Waals surface area contributed by atoms with Crippen LogP contribution in [0.2, 0.25) is 0 Å². The Hall–Kier alpha value is -2.42. The molecule has 0 radical (unpaired) electrons. The second-order valence-electron chi connectivity index (χ2n) is 7.86. The van der Waals surface area contributed by atoms with E-state index in [1.54, 1.807) is 0 Å². The van der Waals surface area contributed by atoms with E-state index in [9.17, 15) is 9.59 Å². The molecule has 8 heteroatoms. The van der Waals surface area contributed by atoms with Crippen LogP contribution in [0.15, 0.2) is 46.1 Å². The van der Waals surface area contributed by atoms with Crippen molar-refractivity contribution in [3.63, 3.8) is 0 Å². The fourth-order valence-electron chi connectivity index (χ4n) is 3.49. The minimum atomic E-state index is -0.451. The number of benzene rings is 1. The third-order valence-electron chi connectivity index (χ3n) is 5.37. The van der Waals surface area contributed by atoms with Crippen molar-refractivity contribution >= 4 is 0 Å². The zero-order valence-corrected chi connectivity index (χ0v) is 18.2. The number of nitrogens with zero attached hydrogens (tertiary/aromatic N) is 1. The quantitative estimate of drug-likeness (QED) is 0.502. The van der Waals surface area contributed by atoms with Crippen LogP contribution < -0.4 is 21.3 Å². The fourth-order valence-corrected chi connectivity index (χ4v) is 3.49. The summed E-state index contributed by atoms with van der Waals surface area (Å²) in [6.07, 6.45) is 6.58. The van der Waals surface area contributed by atoms with Crippen LogP contribution in [-0.4, -0.2) is 42.0 Å². The topological polar surface area (TPSA) is 94.6 Å². The number of rotatable bonds is 12. The molecule has 31 heavy (non-hydrogen) atoms. The number of unbranched alkanes of at least 4 members (excludes halogenated alkanes) is 2. The number of hydrogen-bond acceptors (Lipinski definition) is 6. The summed E-state index contributed by atoms with van der Waals surface area (Å²) >= 11 is 0. The second-order valence-corrected chi connectivity index (χ2v) is 7.86. The van der Waals surface area contributed by atoms with Crippen molar-refractivity contribution in [2.75, 3.05) is 26.4 Å². The maximum Gasteiger partial charge on any atom is 0.330 e. The summed E-state index contributed by atoms with van der Waals surface area (Å²) in [7, 11) is 0. The van der Waals surface area contributed by atoms with Crippen LogP contribution in [0.5, 0.6) is 5.75 Å². The first-order chi connectivity index (χ1) is 15.1. The number of hydrogen-bond donors (Lipinski definition) is 2. The van der Waals surface area contributed by atoms with Crippen LogP contribution in [0.4, 0.5) is 0 Å². The van der Waals surface area contributed by atoms with Gasteiger partial charge in [0.05, 0.1) is 13.2 Å². The molecule has 1 saturated heterocycles. The Kier molecular flexibility index (Phi) is 9.33. The molecule has 0 aliphatic carbocycles. The molecule has 2 aromatic rings. The van der Waals surface area contributed by atoms with E-state index in [1.807, 2.05) is 12.1 Å². The molecular formula is C23H33N3O5. The van der Waals surface area contributed by atoms with Crippen molar-refractivity contribution in [3.8, 4) is 5.75 Å². The van der Waals surface area contributed by atoms with E-state index in [0.717, 1.165) is 57.6 Å². The average molecular weight is 432 g/mol. The average Bonchev–Trinajstić information content (AvgIpc) is 2.77.